The normalized spacial score (nSPS) is 10.8. The molecule has 0 aliphatic heterocycles. The first kappa shape index (κ1) is 18.7. The molecule has 2 aromatic carbocycles. The first-order chi connectivity index (χ1) is 12.8. The zero-order valence-corrected chi connectivity index (χ0v) is 16.1. The molecule has 5 nitrogen and oxygen atoms in total. The monoisotopic (exact) mass is 364 g/mol. The van der Waals surface area contributed by atoms with Crippen LogP contribution < -0.4 is 10.6 Å². The maximum atomic E-state index is 12.2. The Morgan fingerprint density at radius 3 is 2.41 bits per heavy atom. The minimum atomic E-state index is -0.251. The summed E-state index contributed by atoms with van der Waals surface area (Å²) in [4.78, 5) is 24.3. The second-order valence-corrected chi connectivity index (χ2v) is 7.01. The Morgan fingerprint density at radius 1 is 0.926 bits per heavy atom. The number of amides is 2. The number of anilines is 1. The van der Waals surface area contributed by atoms with Crippen LogP contribution in [0.3, 0.4) is 0 Å². The van der Waals surface area contributed by atoms with Crippen molar-refractivity contribution in [2.24, 2.45) is 0 Å². The highest BCUT2D eigenvalue weighted by atomic mass is 16.3. The maximum Gasteiger partial charge on any atom is 0.243 e. The lowest BCUT2D eigenvalue weighted by Gasteiger charge is -2.10. The van der Waals surface area contributed by atoms with Crippen molar-refractivity contribution in [1.82, 2.24) is 5.32 Å². The number of hydrogen-bond donors (Lipinski definition) is 2. The zero-order chi connectivity index (χ0) is 19.6. The fourth-order valence-corrected chi connectivity index (χ4v) is 3.04. The Labute approximate surface area is 158 Å². The van der Waals surface area contributed by atoms with Crippen molar-refractivity contribution in [3.63, 3.8) is 0 Å². The largest absolute Gasteiger partial charge is 0.464 e. The molecule has 0 saturated carbocycles. The Morgan fingerprint density at radius 2 is 1.67 bits per heavy atom. The van der Waals surface area contributed by atoms with Gasteiger partial charge in [0.1, 0.15) is 5.58 Å². The van der Waals surface area contributed by atoms with Crippen LogP contribution in [0.2, 0.25) is 0 Å². The van der Waals surface area contributed by atoms with Gasteiger partial charge in [0.15, 0.2) is 0 Å². The van der Waals surface area contributed by atoms with E-state index in [0.29, 0.717) is 0 Å². The van der Waals surface area contributed by atoms with E-state index in [0.717, 1.165) is 44.5 Å². The number of aryl methyl sites for hydroxylation is 4. The Kier molecular flexibility index (Phi) is 5.31. The molecule has 1 heterocycles. The average Bonchev–Trinajstić information content (AvgIpc) is 2.98. The van der Waals surface area contributed by atoms with E-state index in [1.165, 1.54) is 0 Å². The van der Waals surface area contributed by atoms with Crippen molar-refractivity contribution in [3.8, 4) is 0 Å². The van der Waals surface area contributed by atoms with Crippen molar-refractivity contribution in [3.05, 3.63) is 64.4 Å². The molecule has 0 radical (unpaired) electrons. The lowest BCUT2D eigenvalue weighted by molar-refractivity contribution is -0.123. The van der Waals surface area contributed by atoms with Crippen molar-refractivity contribution in [1.29, 1.82) is 0 Å². The minimum Gasteiger partial charge on any atom is -0.464 e. The summed E-state index contributed by atoms with van der Waals surface area (Å²) in [5, 5.41) is 6.43. The topological polar surface area (TPSA) is 71.3 Å². The van der Waals surface area contributed by atoms with E-state index in [1.54, 1.807) is 6.26 Å². The minimum absolute atomic E-state index is 0.0694. The summed E-state index contributed by atoms with van der Waals surface area (Å²) in [7, 11) is 0. The molecule has 1 aromatic heterocycles. The Bertz CT molecular complexity index is 1020. The fraction of sp³-hybridized carbons (Fsp3) is 0.273. The highest BCUT2D eigenvalue weighted by molar-refractivity contribution is 5.96. The van der Waals surface area contributed by atoms with E-state index in [9.17, 15) is 9.59 Å². The molecule has 0 spiro atoms. The third-order valence-electron chi connectivity index (χ3n) is 4.72. The summed E-state index contributed by atoms with van der Waals surface area (Å²) in [6, 6.07) is 9.82. The van der Waals surface area contributed by atoms with E-state index in [-0.39, 0.29) is 24.8 Å². The number of fused-ring (bicyclic) bond motifs is 1. The molecule has 0 fully saturated rings. The predicted molar refractivity (Wildman–Crippen MR) is 107 cm³/mol. The van der Waals surface area contributed by atoms with Crippen LogP contribution in [-0.4, -0.2) is 18.4 Å². The Balaban J connectivity index is 1.58. The third-order valence-corrected chi connectivity index (χ3v) is 4.72. The van der Waals surface area contributed by atoms with Crippen molar-refractivity contribution in [2.75, 3.05) is 11.9 Å². The maximum absolute atomic E-state index is 12.2. The number of nitrogens with one attached hydrogen (secondary N) is 2. The van der Waals surface area contributed by atoms with E-state index in [1.807, 2.05) is 58.0 Å². The van der Waals surface area contributed by atoms with Crippen LogP contribution in [0.5, 0.6) is 0 Å². The van der Waals surface area contributed by atoms with Crippen molar-refractivity contribution >= 4 is 28.5 Å². The van der Waals surface area contributed by atoms with Gasteiger partial charge in [-0.2, -0.15) is 0 Å². The molecule has 3 aromatic rings. The molecule has 0 aliphatic carbocycles. The summed E-state index contributed by atoms with van der Waals surface area (Å²) in [6.45, 7) is 7.93. The molecule has 0 atom stereocenters. The van der Waals surface area contributed by atoms with E-state index in [2.05, 4.69) is 10.6 Å². The summed E-state index contributed by atoms with van der Waals surface area (Å²) in [5.41, 5.74) is 6.77. The van der Waals surface area contributed by atoms with Gasteiger partial charge in [0.25, 0.3) is 0 Å². The predicted octanol–water partition coefficient (Wildman–Crippen LogP) is 3.96. The lowest BCUT2D eigenvalue weighted by atomic mass is 10.0. The number of hydrogen-bond acceptors (Lipinski definition) is 3. The van der Waals surface area contributed by atoms with Crippen LogP contribution in [0.1, 0.15) is 27.8 Å². The molecule has 5 heteroatoms. The van der Waals surface area contributed by atoms with Gasteiger partial charge in [-0.05, 0) is 62.6 Å². The van der Waals surface area contributed by atoms with Gasteiger partial charge in [-0.1, -0.05) is 17.7 Å². The van der Waals surface area contributed by atoms with Gasteiger partial charge in [-0.3, -0.25) is 9.59 Å². The molecule has 0 aliphatic rings. The van der Waals surface area contributed by atoms with Gasteiger partial charge in [-0.25, -0.2) is 0 Å². The second-order valence-electron chi connectivity index (χ2n) is 7.01. The molecule has 0 unspecified atom stereocenters. The molecular formula is C22H24N2O3. The van der Waals surface area contributed by atoms with Crippen LogP contribution in [-0.2, 0) is 16.0 Å². The molecule has 0 bridgehead atoms. The number of rotatable bonds is 5. The number of carbonyl (C=O) groups is 2. The molecular weight excluding hydrogens is 340 g/mol. The van der Waals surface area contributed by atoms with E-state index < -0.39 is 0 Å². The third kappa shape index (κ3) is 4.37. The van der Waals surface area contributed by atoms with Crippen molar-refractivity contribution < 1.29 is 14.0 Å². The van der Waals surface area contributed by atoms with Crippen LogP contribution in [0.25, 0.3) is 11.0 Å². The number of benzene rings is 2. The quantitative estimate of drug-likeness (QED) is 0.720. The standard InChI is InChI=1S/C22H24N2O3/c1-13-5-6-19(16(4)7-13)24-22(26)11-23-21(25)10-17-12-27-20-9-15(3)14(2)8-18(17)20/h5-9,12H,10-11H2,1-4H3,(H,23,25)(H,24,26). The molecule has 2 amide bonds. The van der Waals surface area contributed by atoms with Crippen LogP contribution >= 0.6 is 0 Å². The van der Waals surface area contributed by atoms with Gasteiger partial charge in [0, 0.05) is 16.6 Å². The highest BCUT2D eigenvalue weighted by Crippen LogP contribution is 2.25. The first-order valence-electron chi connectivity index (χ1n) is 8.94. The molecule has 2 N–H and O–H groups in total. The van der Waals surface area contributed by atoms with Crippen LogP contribution in [0.4, 0.5) is 5.69 Å². The van der Waals surface area contributed by atoms with E-state index in [4.69, 9.17) is 4.42 Å². The number of carbonyl (C=O) groups excluding carboxylic acids is 2. The van der Waals surface area contributed by atoms with Gasteiger partial charge in [-0.15, -0.1) is 0 Å². The van der Waals surface area contributed by atoms with Crippen molar-refractivity contribution in [2.45, 2.75) is 34.1 Å². The molecule has 0 saturated heterocycles. The van der Waals surface area contributed by atoms with Gasteiger partial charge >= 0.3 is 0 Å². The molecule has 140 valence electrons. The van der Waals surface area contributed by atoms with Gasteiger partial charge < -0.3 is 15.1 Å². The summed E-state index contributed by atoms with van der Waals surface area (Å²) in [5.74, 6) is -0.467. The number of furan rings is 1. The second kappa shape index (κ2) is 7.66. The highest BCUT2D eigenvalue weighted by Gasteiger charge is 2.13. The molecule has 27 heavy (non-hydrogen) atoms. The zero-order valence-electron chi connectivity index (χ0n) is 16.1. The van der Waals surface area contributed by atoms with E-state index >= 15 is 0 Å². The fourth-order valence-electron chi connectivity index (χ4n) is 3.04. The molecule has 3 rings (SSSR count). The lowest BCUT2D eigenvalue weighted by Crippen LogP contribution is -2.33. The average molecular weight is 364 g/mol. The Hall–Kier alpha value is -3.08. The van der Waals surface area contributed by atoms with Crippen LogP contribution in [0.15, 0.2) is 41.0 Å². The summed E-state index contributed by atoms with van der Waals surface area (Å²) < 4.78 is 5.55. The van der Waals surface area contributed by atoms with Gasteiger partial charge in [0.2, 0.25) is 11.8 Å². The smallest absolute Gasteiger partial charge is 0.243 e. The van der Waals surface area contributed by atoms with Crippen LogP contribution in [0, 0.1) is 27.7 Å². The SMILES string of the molecule is Cc1ccc(NC(=O)CNC(=O)Cc2coc3cc(C)c(C)cc23)c(C)c1. The summed E-state index contributed by atoms with van der Waals surface area (Å²) >= 11 is 0. The summed E-state index contributed by atoms with van der Waals surface area (Å²) in [6.07, 6.45) is 1.78. The first-order valence-corrected chi connectivity index (χ1v) is 8.94. The van der Waals surface area contributed by atoms with Gasteiger partial charge in [0.05, 0.1) is 19.2 Å².